The number of aromatic nitrogens is 1. The van der Waals surface area contributed by atoms with E-state index in [1.807, 2.05) is 0 Å². The molecule has 2 aromatic rings. The minimum absolute atomic E-state index is 0.997. The van der Waals surface area contributed by atoms with Crippen molar-refractivity contribution in [3.63, 3.8) is 0 Å². The third-order valence-corrected chi connectivity index (χ3v) is 3.92. The van der Waals surface area contributed by atoms with Gasteiger partial charge < -0.3 is 5.32 Å². The lowest BCUT2D eigenvalue weighted by atomic mass is 10.0. The zero-order valence-electron chi connectivity index (χ0n) is 12.1. The van der Waals surface area contributed by atoms with E-state index in [1.54, 1.807) is 0 Å². The first-order chi connectivity index (χ1) is 9.08. The number of hydrogen-bond acceptors (Lipinski definition) is 2. The maximum Gasteiger partial charge on any atom is 0.0756 e. The maximum absolute atomic E-state index is 4.79. The molecule has 0 unspecified atom stereocenters. The Bertz CT molecular complexity index is 605. The number of halogens is 1. The van der Waals surface area contributed by atoms with Crippen LogP contribution in [0.3, 0.4) is 0 Å². The van der Waals surface area contributed by atoms with E-state index < -0.39 is 0 Å². The van der Waals surface area contributed by atoms with Gasteiger partial charge in [0.05, 0.1) is 5.52 Å². The smallest absolute Gasteiger partial charge is 0.0756 e. The Labute approximate surface area is 123 Å². The van der Waals surface area contributed by atoms with Crippen LogP contribution in [0.5, 0.6) is 0 Å². The first-order valence-corrected chi connectivity index (χ1v) is 7.71. The molecule has 0 aliphatic carbocycles. The van der Waals surface area contributed by atoms with E-state index in [9.17, 15) is 0 Å². The molecule has 3 heteroatoms. The van der Waals surface area contributed by atoms with Crippen molar-refractivity contribution in [3.05, 3.63) is 33.4 Å². The molecule has 0 atom stereocenters. The van der Waals surface area contributed by atoms with Crippen LogP contribution in [0.25, 0.3) is 10.9 Å². The van der Waals surface area contributed by atoms with Gasteiger partial charge in [0.25, 0.3) is 0 Å². The van der Waals surface area contributed by atoms with E-state index in [0.717, 1.165) is 35.1 Å². The molecule has 0 spiro atoms. The van der Waals surface area contributed by atoms with Gasteiger partial charge in [0.1, 0.15) is 0 Å². The number of pyridine rings is 1. The summed E-state index contributed by atoms with van der Waals surface area (Å²) in [6, 6.07) is 4.30. The monoisotopic (exact) mass is 320 g/mol. The molecule has 1 N–H and O–H groups in total. The molecule has 0 bridgehead atoms. The highest BCUT2D eigenvalue weighted by molar-refractivity contribution is 9.10. The number of nitrogens with one attached hydrogen (secondary N) is 1. The molecule has 0 radical (unpaired) electrons. The molecule has 2 nitrogen and oxygen atoms in total. The number of fused-ring (bicyclic) bond motifs is 1. The molecule has 0 saturated heterocycles. The van der Waals surface area contributed by atoms with Gasteiger partial charge in [0, 0.05) is 27.8 Å². The second kappa shape index (κ2) is 5.91. The van der Waals surface area contributed by atoms with Gasteiger partial charge in [-0.25, -0.2) is 0 Å². The molecular formula is C16H21BrN2. The van der Waals surface area contributed by atoms with Gasteiger partial charge in [-0.05, 0) is 49.9 Å². The Kier molecular flexibility index (Phi) is 4.46. The SMILES string of the molecule is CCCNc1c(CC)c(C)nc2c(C)cc(Br)cc12. The van der Waals surface area contributed by atoms with Gasteiger partial charge in [0.15, 0.2) is 0 Å². The second-order valence-electron chi connectivity index (χ2n) is 4.95. The highest BCUT2D eigenvalue weighted by Crippen LogP contribution is 2.33. The molecule has 1 aromatic carbocycles. The summed E-state index contributed by atoms with van der Waals surface area (Å²) in [5, 5.41) is 4.82. The molecule has 2 rings (SSSR count). The zero-order chi connectivity index (χ0) is 14.0. The highest BCUT2D eigenvalue weighted by Gasteiger charge is 2.13. The Morgan fingerprint density at radius 1 is 1.21 bits per heavy atom. The van der Waals surface area contributed by atoms with E-state index >= 15 is 0 Å². The summed E-state index contributed by atoms with van der Waals surface area (Å²) in [6.07, 6.45) is 2.13. The summed E-state index contributed by atoms with van der Waals surface area (Å²) in [5.41, 5.74) is 6.06. The lowest BCUT2D eigenvalue weighted by Gasteiger charge is -2.17. The quantitative estimate of drug-likeness (QED) is 0.857. The largest absolute Gasteiger partial charge is 0.384 e. The van der Waals surface area contributed by atoms with Crippen molar-refractivity contribution in [3.8, 4) is 0 Å². The van der Waals surface area contributed by atoms with Gasteiger partial charge in [-0.15, -0.1) is 0 Å². The van der Waals surface area contributed by atoms with Gasteiger partial charge in [-0.3, -0.25) is 4.98 Å². The summed E-state index contributed by atoms with van der Waals surface area (Å²) < 4.78 is 1.12. The Morgan fingerprint density at radius 2 is 1.95 bits per heavy atom. The van der Waals surface area contributed by atoms with Crippen molar-refractivity contribution in [2.75, 3.05) is 11.9 Å². The van der Waals surface area contributed by atoms with Crippen molar-refractivity contribution in [2.24, 2.45) is 0 Å². The van der Waals surface area contributed by atoms with E-state index in [4.69, 9.17) is 4.98 Å². The van der Waals surface area contributed by atoms with Crippen LogP contribution in [-0.2, 0) is 6.42 Å². The predicted octanol–water partition coefficient (Wildman–Crippen LogP) is 5.00. The molecule has 102 valence electrons. The van der Waals surface area contributed by atoms with Crippen LogP contribution >= 0.6 is 15.9 Å². The fraction of sp³-hybridized carbons (Fsp3) is 0.438. The minimum Gasteiger partial charge on any atom is -0.384 e. The lowest BCUT2D eigenvalue weighted by Crippen LogP contribution is -2.07. The van der Waals surface area contributed by atoms with Crippen LogP contribution in [0.4, 0.5) is 5.69 Å². The molecule has 0 aliphatic rings. The van der Waals surface area contributed by atoms with Crippen LogP contribution in [0.1, 0.15) is 37.1 Å². The first-order valence-electron chi connectivity index (χ1n) is 6.91. The summed E-state index contributed by atoms with van der Waals surface area (Å²) in [4.78, 5) is 4.79. The van der Waals surface area contributed by atoms with Gasteiger partial charge in [-0.2, -0.15) is 0 Å². The normalized spacial score (nSPS) is 11.0. The van der Waals surface area contributed by atoms with Gasteiger partial charge in [-0.1, -0.05) is 29.8 Å². The second-order valence-corrected chi connectivity index (χ2v) is 5.87. The highest BCUT2D eigenvalue weighted by atomic mass is 79.9. The Morgan fingerprint density at radius 3 is 2.58 bits per heavy atom. The third-order valence-electron chi connectivity index (χ3n) is 3.46. The average Bonchev–Trinajstić information content (AvgIpc) is 2.37. The number of anilines is 1. The van der Waals surface area contributed by atoms with Crippen LogP contribution in [0.15, 0.2) is 16.6 Å². The van der Waals surface area contributed by atoms with Crippen LogP contribution < -0.4 is 5.32 Å². The first kappa shape index (κ1) is 14.3. The predicted molar refractivity (Wildman–Crippen MR) is 87.1 cm³/mol. The topological polar surface area (TPSA) is 24.9 Å². The van der Waals surface area contributed by atoms with E-state index in [-0.39, 0.29) is 0 Å². The molecule has 1 heterocycles. The van der Waals surface area contributed by atoms with Gasteiger partial charge >= 0.3 is 0 Å². The summed E-state index contributed by atoms with van der Waals surface area (Å²) in [5.74, 6) is 0. The third kappa shape index (κ3) is 2.76. The van der Waals surface area contributed by atoms with Crippen molar-refractivity contribution in [2.45, 2.75) is 40.5 Å². The number of aryl methyl sites for hydroxylation is 2. The minimum atomic E-state index is 0.997. The molecule has 0 aliphatic heterocycles. The number of nitrogens with zero attached hydrogens (tertiary/aromatic N) is 1. The Balaban J connectivity index is 2.76. The lowest BCUT2D eigenvalue weighted by molar-refractivity contribution is 0.968. The van der Waals surface area contributed by atoms with Crippen LogP contribution in [-0.4, -0.2) is 11.5 Å². The van der Waals surface area contributed by atoms with Gasteiger partial charge in [0.2, 0.25) is 0 Å². The van der Waals surface area contributed by atoms with Crippen LogP contribution in [0.2, 0.25) is 0 Å². The fourth-order valence-electron chi connectivity index (χ4n) is 2.54. The average molecular weight is 321 g/mol. The fourth-order valence-corrected chi connectivity index (χ4v) is 3.11. The number of rotatable bonds is 4. The summed E-state index contributed by atoms with van der Waals surface area (Å²) in [6.45, 7) is 9.61. The maximum atomic E-state index is 4.79. The van der Waals surface area contributed by atoms with Crippen molar-refractivity contribution < 1.29 is 0 Å². The molecule has 0 amide bonds. The van der Waals surface area contributed by atoms with E-state index in [1.165, 1.54) is 22.2 Å². The van der Waals surface area contributed by atoms with Crippen LogP contribution in [0, 0.1) is 13.8 Å². The summed E-state index contributed by atoms with van der Waals surface area (Å²) >= 11 is 3.60. The van der Waals surface area contributed by atoms with E-state index in [0.29, 0.717) is 0 Å². The van der Waals surface area contributed by atoms with E-state index in [2.05, 4.69) is 61.1 Å². The molecule has 0 saturated carbocycles. The molecule has 19 heavy (non-hydrogen) atoms. The molecule has 1 aromatic heterocycles. The number of benzene rings is 1. The standard InChI is InChI=1S/C16H21BrN2/c1-5-7-18-16-13(6-2)11(4)19-15-10(3)8-12(17)9-14(15)16/h8-9H,5-7H2,1-4H3,(H,18,19). The zero-order valence-corrected chi connectivity index (χ0v) is 13.7. The molecular weight excluding hydrogens is 300 g/mol. The van der Waals surface area contributed by atoms with Crippen molar-refractivity contribution in [1.29, 1.82) is 0 Å². The number of hydrogen-bond donors (Lipinski definition) is 1. The summed E-state index contributed by atoms with van der Waals surface area (Å²) in [7, 11) is 0. The molecule has 0 fully saturated rings. The Hall–Kier alpha value is -1.09. The van der Waals surface area contributed by atoms with Crippen molar-refractivity contribution in [1.82, 2.24) is 4.98 Å². The van der Waals surface area contributed by atoms with Crippen molar-refractivity contribution >= 4 is 32.5 Å².